The van der Waals surface area contributed by atoms with Gasteiger partial charge in [0, 0.05) is 42.2 Å². The minimum atomic E-state index is -0.286. The van der Waals surface area contributed by atoms with Gasteiger partial charge in [-0.05, 0) is 80.1 Å². The molecule has 2 aromatic carbocycles. The Labute approximate surface area is 242 Å². The maximum atomic E-state index is 13.8. The molecule has 42 heavy (non-hydrogen) atoms. The predicted octanol–water partition coefficient (Wildman–Crippen LogP) is 4.67. The van der Waals surface area contributed by atoms with Crippen LogP contribution in [-0.4, -0.2) is 54.7 Å². The molecule has 9 nitrogen and oxygen atoms in total. The second-order valence-corrected chi connectivity index (χ2v) is 10.9. The fourth-order valence-electron chi connectivity index (χ4n) is 5.81. The third-order valence-electron chi connectivity index (χ3n) is 8.03. The maximum absolute atomic E-state index is 13.8. The molecule has 1 amide bonds. The summed E-state index contributed by atoms with van der Waals surface area (Å²) in [5.41, 5.74) is 4.95. The summed E-state index contributed by atoms with van der Waals surface area (Å²) in [5.74, 6) is 0.164. The maximum Gasteiger partial charge on any atom is 0.277 e. The number of fused-ring (bicyclic) bond motifs is 1. The lowest BCUT2D eigenvalue weighted by atomic mass is 9.86. The molecule has 5 aromatic rings. The number of benzene rings is 2. The molecule has 216 valence electrons. The zero-order valence-corrected chi connectivity index (χ0v) is 23.4. The van der Waals surface area contributed by atoms with Crippen molar-refractivity contribution in [2.75, 3.05) is 13.2 Å². The highest BCUT2D eigenvalue weighted by molar-refractivity contribution is 5.78. The summed E-state index contributed by atoms with van der Waals surface area (Å²) in [5, 5.41) is 3.38. The number of aromatic amines is 2. The largest absolute Gasteiger partial charge is 0.367 e. The number of para-hydroxylation sites is 2. The van der Waals surface area contributed by atoms with Crippen LogP contribution in [0.15, 0.2) is 77.9 Å². The van der Waals surface area contributed by atoms with Crippen molar-refractivity contribution < 1.29 is 13.9 Å². The van der Waals surface area contributed by atoms with E-state index in [4.69, 9.17) is 4.74 Å². The van der Waals surface area contributed by atoms with Crippen LogP contribution in [0.1, 0.15) is 48.1 Å². The van der Waals surface area contributed by atoms with E-state index < -0.39 is 0 Å². The minimum absolute atomic E-state index is 0.0134. The van der Waals surface area contributed by atoms with Crippen LogP contribution in [0.25, 0.3) is 17.0 Å². The van der Waals surface area contributed by atoms with Gasteiger partial charge in [0.25, 0.3) is 5.56 Å². The summed E-state index contributed by atoms with van der Waals surface area (Å²) < 4.78 is 20.6. The Morgan fingerprint density at radius 3 is 2.60 bits per heavy atom. The summed E-state index contributed by atoms with van der Waals surface area (Å²) >= 11 is 0. The van der Waals surface area contributed by atoms with Gasteiger partial charge in [0.15, 0.2) is 0 Å². The highest BCUT2D eigenvalue weighted by Gasteiger charge is 2.33. The molecule has 1 saturated heterocycles. The molecule has 4 heterocycles. The van der Waals surface area contributed by atoms with Crippen LogP contribution < -0.4 is 5.56 Å². The molecular weight excluding hydrogens is 535 g/mol. The number of aryl methyl sites for hydroxylation is 1. The molecule has 0 spiro atoms. The number of amides is 1. The van der Waals surface area contributed by atoms with Gasteiger partial charge in [0.2, 0.25) is 11.9 Å². The number of hydrogen-bond donors (Lipinski definition) is 2. The average molecular weight is 569 g/mol. The second-order valence-electron chi connectivity index (χ2n) is 10.9. The Morgan fingerprint density at radius 1 is 1.05 bits per heavy atom. The molecule has 6 rings (SSSR count). The van der Waals surface area contributed by atoms with Gasteiger partial charge in [0.05, 0.1) is 17.6 Å². The molecule has 1 aliphatic heterocycles. The summed E-state index contributed by atoms with van der Waals surface area (Å²) in [6, 6.07) is 17.7. The van der Waals surface area contributed by atoms with E-state index >= 15 is 0 Å². The molecule has 0 saturated carbocycles. The lowest BCUT2D eigenvalue weighted by molar-refractivity contribution is -0.140. The lowest BCUT2D eigenvalue weighted by Gasteiger charge is -2.37. The lowest BCUT2D eigenvalue weighted by Crippen LogP contribution is -2.45. The Bertz CT molecular complexity index is 1690. The van der Waals surface area contributed by atoms with Crippen LogP contribution in [0.5, 0.6) is 0 Å². The van der Waals surface area contributed by atoms with Gasteiger partial charge in [-0.3, -0.25) is 19.7 Å². The van der Waals surface area contributed by atoms with Gasteiger partial charge in [-0.2, -0.15) is 4.68 Å². The number of pyridine rings is 1. The molecule has 1 fully saturated rings. The number of nitrogens with one attached hydrogen (secondary N) is 2. The zero-order chi connectivity index (χ0) is 29.1. The number of aromatic nitrogens is 5. The highest BCUT2D eigenvalue weighted by atomic mass is 19.1. The number of carbonyl (C=O) groups excluding carboxylic acids is 1. The molecule has 0 aliphatic carbocycles. The number of H-pyrrole nitrogens is 2. The molecule has 10 heteroatoms. The van der Waals surface area contributed by atoms with Crippen LogP contribution in [-0.2, 0) is 29.0 Å². The third-order valence-corrected chi connectivity index (χ3v) is 8.03. The molecule has 3 aromatic heterocycles. The van der Waals surface area contributed by atoms with Crippen LogP contribution >= 0.6 is 0 Å². The van der Waals surface area contributed by atoms with E-state index in [2.05, 4.69) is 20.1 Å². The highest BCUT2D eigenvalue weighted by Crippen LogP contribution is 2.32. The van der Waals surface area contributed by atoms with Crippen molar-refractivity contribution in [3.05, 3.63) is 112 Å². The molecule has 0 radical (unpaired) electrons. The van der Waals surface area contributed by atoms with Gasteiger partial charge in [-0.1, -0.05) is 24.3 Å². The van der Waals surface area contributed by atoms with Crippen LogP contribution in [0, 0.1) is 5.82 Å². The number of piperidine rings is 1. The van der Waals surface area contributed by atoms with Gasteiger partial charge >= 0.3 is 0 Å². The van der Waals surface area contributed by atoms with Crippen molar-refractivity contribution in [2.24, 2.45) is 0 Å². The number of hydrogen-bond acceptors (Lipinski definition) is 5. The number of likely N-dealkylation sites (tertiary alicyclic amines) is 1. The monoisotopic (exact) mass is 568 g/mol. The molecule has 1 aliphatic rings. The number of rotatable bonds is 9. The first-order chi connectivity index (χ1) is 20.5. The molecule has 0 bridgehead atoms. The molecular formula is C32H33FN6O3. The topological polar surface area (TPSA) is 109 Å². The van der Waals surface area contributed by atoms with E-state index in [1.54, 1.807) is 24.5 Å². The Kier molecular flexibility index (Phi) is 7.96. The van der Waals surface area contributed by atoms with Crippen molar-refractivity contribution in [3.63, 3.8) is 0 Å². The van der Waals surface area contributed by atoms with E-state index in [9.17, 15) is 14.0 Å². The Morgan fingerprint density at radius 2 is 1.83 bits per heavy atom. The predicted molar refractivity (Wildman–Crippen MR) is 157 cm³/mol. The van der Waals surface area contributed by atoms with Gasteiger partial charge in [0.1, 0.15) is 12.4 Å². The van der Waals surface area contributed by atoms with Crippen molar-refractivity contribution in [1.82, 2.24) is 29.6 Å². The van der Waals surface area contributed by atoms with Crippen LogP contribution in [0.4, 0.5) is 4.39 Å². The first-order valence-corrected chi connectivity index (χ1v) is 14.3. The van der Waals surface area contributed by atoms with E-state index in [0.29, 0.717) is 50.3 Å². The van der Waals surface area contributed by atoms with Crippen molar-refractivity contribution >= 4 is 16.9 Å². The standard InChI is InChI=1S/C32H33FN6O3/c1-21-18-24(14-17-38(21)29(40)20-42-19-23-12-15-34-16-13-23)30-26(11-8-22-6-9-25(33)10-7-22)31(41)39(37-30)32-35-27-4-2-3-5-28(27)36-32/h2-7,9-10,12-13,15-16,21,24,37H,8,11,14,17-20H2,1H3,(H,35,36). The van der Waals surface area contributed by atoms with Crippen molar-refractivity contribution in [1.29, 1.82) is 0 Å². The summed E-state index contributed by atoms with van der Waals surface area (Å²) in [6.07, 6.45) is 5.92. The number of nitrogens with zero attached hydrogens (tertiary/aromatic N) is 4. The van der Waals surface area contributed by atoms with Gasteiger partial charge in [-0.15, -0.1) is 0 Å². The SMILES string of the molecule is CC1CC(c2[nH]n(-c3nc4ccccc4[nH]3)c(=O)c2CCc2ccc(F)cc2)CCN1C(=O)COCc1ccncc1. The van der Waals surface area contributed by atoms with Crippen molar-refractivity contribution in [2.45, 2.75) is 51.2 Å². The zero-order valence-electron chi connectivity index (χ0n) is 23.4. The first-order valence-electron chi connectivity index (χ1n) is 14.3. The number of ether oxygens (including phenoxy) is 1. The third kappa shape index (κ3) is 5.89. The fourth-order valence-corrected chi connectivity index (χ4v) is 5.81. The smallest absolute Gasteiger partial charge is 0.277 e. The van der Waals surface area contributed by atoms with E-state index in [1.165, 1.54) is 16.8 Å². The summed E-state index contributed by atoms with van der Waals surface area (Å²) in [4.78, 5) is 40.6. The van der Waals surface area contributed by atoms with E-state index in [1.807, 2.05) is 48.2 Å². The fraction of sp³-hybridized carbons (Fsp3) is 0.312. The average Bonchev–Trinajstić information content (AvgIpc) is 3.58. The van der Waals surface area contributed by atoms with Crippen molar-refractivity contribution in [3.8, 4) is 5.95 Å². The van der Waals surface area contributed by atoms with Crippen LogP contribution in [0.3, 0.4) is 0 Å². The Hall–Kier alpha value is -4.57. The second kappa shape index (κ2) is 12.1. The Balaban J connectivity index is 1.21. The molecule has 2 N–H and O–H groups in total. The summed E-state index contributed by atoms with van der Waals surface area (Å²) in [7, 11) is 0. The number of halogens is 1. The van der Waals surface area contributed by atoms with Crippen LogP contribution in [0.2, 0.25) is 0 Å². The van der Waals surface area contributed by atoms with Gasteiger partial charge < -0.3 is 14.6 Å². The number of imidazole rings is 1. The number of carbonyl (C=O) groups is 1. The van der Waals surface area contributed by atoms with E-state index in [-0.39, 0.29) is 35.9 Å². The molecule has 2 unspecified atom stereocenters. The minimum Gasteiger partial charge on any atom is -0.367 e. The first kappa shape index (κ1) is 27.6. The van der Waals surface area contributed by atoms with Gasteiger partial charge in [-0.25, -0.2) is 9.37 Å². The quantitative estimate of drug-likeness (QED) is 0.269. The normalized spacial score (nSPS) is 17.1. The molecule has 2 atom stereocenters. The summed E-state index contributed by atoms with van der Waals surface area (Å²) in [6.45, 7) is 2.98. The van der Waals surface area contributed by atoms with E-state index in [0.717, 1.165) is 27.9 Å².